The minimum atomic E-state index is -2.74. The molecule has 2 atom stereocenters. The average Bonchev–Trinajstić information content (AvgIpc) is 2.86. The van der Waals surface area contributed by atoms with Crippen molar-refractivity contribution in [2.45, 2.75) is 19.8 Å². The topological polar surface area (TPSA) is 95.4 Å². The third-order valence-electron chi connectivity index (χ3n) is 3.14. The maximum atomic E-state index is 12.4. The van der Waals surface area contributed by atoms with E-state index in [2.05, 4.69) is 15.5 Å². The molecule has 0 saturated carbocycles. The number of rotatable bonds is 3. The molecular weight excluding hydrogens is 306 g/mol. The number of halogens is 2. The predicted molar refractivity (Wildman–Crippen MR) is 70.4 cm³/mol. The summed E-state index contributed by atoms with van der Waals surface area (Å²) in [5.74, 6) is -1.52. The Morgan fingerprint density at radius 3 is 2.71 bits per heavy atom. The van der Waals surface area contributed by atoms with E-state index in [9.17, 15) is 18.4 Å². The van der Waals surface area contributed by atoms with E-state index in [0.29, 0.717) is 24.3 Å². The Labute approximate surface area is 123 Å². The fraction of sp³-hybridized carbons (Fsp3) is 0.636. The number of aromatic nitrogens is 2. The summed E-state index contributed by atoms with van der Waals surface area (Å²) in [5, 5.41) is 17.6. The van der Waals surface area contributed by atoms with Gasteiger partial charge in [0.25, 0.3) is 6.43 Å². The number of likely N-dealkylation sites (tertiary alicyclic amines) is 1. The van der Waals surface area contributed by atoms with Crippen LogP contribution in [0.25, 0.3) is 0 Å². The molecule has 0 bridgehead atoms. The molecule has 0 spiro atoms. The fourth-order valence-electron chi connectivity index (χ4n) is 2.24. The molecule has 0 radical (unpaired) electrons. The Morgan fingerprint density at radius 2 is 2.14 bits per heavy atom. The molecular formula is C11H14F2N4O3S. The lowest BCUT2D eigenvalue weighted by Crippen LogP contribution is -2.47. The van der Waals surface area contributed by atoms with Crippen LogP contribution in [0.15, 0.2) is 0 Å². The summed E-state index contributed by atoms with van der Waals surface area (Å²) in [6.45, 7) is 2.36. The monoisotopic (exact) mass is 320 g/mol. The predicted octanol–water partition coefficient (Wildman–Crippen LogP) is 2.05. The first kappa shape index (κ1) is 15.5. The molecule has 2 heterocycles. The molecule has 1 aliphatic heterocycles. The third kappa shape index (κ3) is 3.84. The van der Waals surface area contributed by atoms with Crippen LogP contribution in [0.4, 0.5) is 18.7 Å². The lowest BCUT2D eigenvalue weighted by Gasteiger charge is -2.34. The number of aliphatic carboxylic acids is 1. The van der Waals surface area contributed by atoms with Crippen LogP contribution in [0.1, 0.15) is 24.8 Å². The number of carbonyl (C=O) groups excluding carboxylic acids is 1. The number of urea groups is 1. The van der Waals surface area contributed by atoms with Crippen molar-refractivity contribution in [3.63, 3.8) is 0 Å². The fourth-order valence-corrected chi connectivity index (χ4v) is 2.83. The standard InChI is InChI=1S/C11H14F2N4O3S/c1-5-2-6(9(18)19)4-17(3-5)11(20)14-10-16-15-8(21-10)7(12)13/h5-7H,2-4H2,1H3,(H,18,19)(H,14,16,20). The van der Waals surface area contributed by atoms with Crippen LogP contribution in [0, 0.1) is 11.8 Å². The van der Waals surface area contributed by atoms with Gasteiger partial charge in [0.15, 0.2) is 5.01 Å². The number of hydrogen-bond acceptors (Lipinski definition) is 5. The van der Waals surface area contributed by atoms with Gasteiger partial charge < -0.3 is 10.0 Å². The average molecular weight is 320 g/mol. The molecule has 1 saturated heterocycles. The van der Waals surface area contributed by atoms with Gasteiger partial charge in [0.2, 0.25) is 5.13 Å². The minimum absolute atomic E-state index is 0.0274. The van der Waals surface area contributed by atoms with Gasteiger partial charge in [-0.25, -0.2) is 13.6 Å². The summed E-state index contributed by atoms with van der Waals surface area (Å²) >= 11 is 0.594. The summed E-state index contributed by atoms with van der Waals surface area (Å²) in [7, 11) is 0. The molecule has 1 aromatic heterocycles. The van der Waals surface area contributed by atoms with Crippen LogP contribution in [0.3, 0.4) is 0 Å². The second-order valence-corrected chi connectivity index (χ2v) is 5.97. The van der Waals surface area contributed by atoms with Crippen molar-refractivity contribution in [2.24, 2.45) is 11.8 Å². The van der Waals surface area contributed by atoms with Gasteiger partial charge in [-0.05, 0) is 12.3 Å². The minimum Gasteiger partial charge on any atom is -0.481 e. The van der Waals surface area contributed by atoms with Gasteiger partial charge in [0.05, 0.1) is 5.92 Å². The van der Waals surface area contributed by atoms with Crippen molar-refractivity contribution in [3.8, 4) is 0 Å². The van der Waals surface area contributed by atoms with E-state index in [1.54, 1.807) is 0 Å². The van der Waals surface area contributed by atoms with E-state index in [1.807, 2.05) is 6.92 Å². The van der Waals surface area contributed by atoms with Crippen molar-refractivity contribution in [1.29, 1.82) is 0 Å². The molecule has 2 rings (SSSR count). The Bertz CT molecular complexity index is 539. The van der Waals surface area contributed by atoms with Crippen molar-refractivity contribution < 1.29 is 23.5 Å². The van der Waals surface area contributed by atoms with E-state index in [1.165, 1.54) is 4.90 Å². The molecule has 0 aromatic carbocycles. The van der Waals surface area contributed by atoms with Gasteiger partial charge in [0.1, 0.15) is 0 Å². The van der Waals surface area contributed by atoms with Crippen LogP contribution >= 0.6 is 11.3 Å². The third-order valence-corrected chi connectivity index (χ3v) is 3.98. The lowest BCUT2D eigenvalue weighted by atomic mass is 9.91. The SMILES string of the molecule is CC1CC(C(=O)O)CN(C(=O)Nc2nnc(C(F)F)s2)C1. The number of nitrogens with one attached hydrogen (secondary N) is 1. The number of carbonyl (C=O) groups is 2. The molecule has 21 heavy (non-hydrogen) atoms. The molecule has 10 heteroatoms. The molecule has 1 aliphatic rings. The Kier molecular flexibility index (Phi) is 4.66. The zero-order chi connectivity index (χ0) is 15.6. The van der Waals surface area contributed by atoms with Crippen LogP contribution in [-0.2, 0) is 4.79 Å². The lowest BCUT2D eigenvalue weighted by molar-refractivity contribution is -0.143. The largest absolute Gasteiger partial charge is 0.481 e. The molecule has 1 aromatic rings. The maximum absolute atomic E-state index is 12.4. The van der Waals surface area contributed by atoms with Gasteiger partial charge in [0, 0.05) is 13.1 Å². The van der Waals surface area contributed by atoms with Gasteiger partial charge in [-0.15, -0.1) is 10.2 Å². The van der Waals surface area contributed by atoms with Gasteiger partial charge in [-0.3, -0.25) is 10.1 Å². The second-order valence-electron chi connectivity index (χ2n) is 4.96. The molecule has 1 fully saturated rings. The van der Waals surface area contributed by atoms with Crippen LogP contribution < -0.4 is 5.32 Å². The number of carboxylic acids is 1. The Balaban J connectivity index is 2.00. The number of carboxylic acid groups (broad SMARTS) is 1. The maximum Gasteiger partial charge on any atom is 0.323 e. The van der Waals surface area contributed by atoms with E-state index >= 15 is 0 Å². The number of piperidine rings is 1. The molecule has 2 amide bonds. The highest BCUT2D eigenvalue weighted by Crippen LogP contribution is 2.26. The molecule has 2 N–H and O–H groups in total. The Hall–Kier alpha value is -1.84. The molecule has 2 unspecified atom stereocenters. The van der Waals surface area contributed by atoms with Crippen molar-refractivity contribution >= 4 is 28.5 Å². The van der Waals surface area contributed by atoms with Gasteiger partial charge >= 0.3 is 12.0 Å². The highest BCUT2D eigenvalue weighted by molar-refractivity contribution is 7.15. The summed E-state index contributed by atoms with van der Waals surface area (Å²) in [6.07, 6.45) is -2.23. The van der Waals surface area contributed by atoms with Crippen molar-refractivity contribution in [3.05, 3.63) is 5.01 Å². The van der Waals surface area contributed by atoms with Crippen LogP contribution in [-0.4, -0.2) is 45.3 Å². The van der Waals surface area contributed by atoms with Crippen LogP contribution in [0.5, 0.6) is 0 Å². The summed E-state index contributed by atoms with van der Waals surface area (Å²) in [4.78, 5) is 24.4. The quantitative estimate of drug-likeness (QED) is 0.888. The number of hydrogen-bond donors (Lipinski definition) is 2. The first-order valence-electron chi connectivity index (χ1n) is 6.27. The molecule has 0 aliphatic carbocycles. The van der Waals surface area contributed by atoms with Crippen molar-refractivity contribution in [1.82, 2.24) is 15.1 Å². The first-order chi connectivity index (χ1) is 9.86. The summed E-state index contributed by atoms with van der Waals surface area (Å²) in [5.41, 5.74) is 0. The molecule has 116 valence electrons. The number of nitrogens with zero attached hydrogens (tertiary/aromatic N) is 3. The van der Waals surface area contributed by atoms with Crippen LogP contribution in [0.2, 0.25) is 0 Å². The van der Waals surface area contributed by atoms with E-state index in [0.717, 1.165) is 0 Å². The number of anilines is 1. The van der Waals surface area contributed by atoms with E-state index in [-0.39, 0.29) is 17.6 Å². The van der Waals surface area contributed by atoms with E-state index in [4.69, 9.17) is 5.11 Å². The van der Waals surface area contributed by atoms with E-state index < -0.39 is 29.4 Å². The van der Waals surface area contributed by atoms with Crippen molar-refractivity contribution in [2.75, 3.05) is 18.4 Å². The summed E-state index contributed by atoms with van der Waals surface area (Å²) in [6, 6.07) is -0.551. The first-order valence-corrected chi connectivity index (χ1v) is 7.08. The molecule has 7 nitrogen and oxygen atoms in total. The number of alkyl halides is 2. The zero-order valence-corrected chi connectivity index (χ0v) is 11.9. The number of amides is 2. The smallest absolute Gasteiger partial charge is 0.323 e. The second kappa shape index (κ2) is 6.29. The highest BCUT2D eigenvalue weighted by Gasteiger charge is 2.32. The van der Waals surface area contributed by atoms with Gasteiger partial charge in [-0.1, -0.05) is 18.3 Å². The summed E-state index contributed by atoms with van der Waals surface area (Å²) < 4.78 is 24.8. The van der Waals surface area contributed by atoms with Gasteiger partial charge in [-0.2, -0.15) is 0 Å². The highest BCUT2D eigenvalue weighted by atomic mass is 32.1. The normalized spacial score (nSPS) is 22.4. The Morgan fingerprint density at radius 1 is 1.43 bits per heavy atom. The zero-order valence-electron chi connectivity index (χ0n) is 11.1.